The quantitative estimate of drug-likeness (QED) is 0.603. The summed E-state index contributed by atoms with van der Waals surface area (Å²) < 4.78 is 5.06. The second-order valence-electron chi connectivity index (χ2n) is 4.69. The maximum atomic E-state index is 12.1. The molecule has 0 aliphatic rings. The average molecular weight is 310 g/mol. The molecule has 0 bridgehead atoms. The predicted octanol–water partition coefficient (Wildman–Crippen LogP) is 2.67. The third-order valence-electron chi connectivity index (χ3n) is 3.24. The molecule has 0 radical (unpaired) electrons. The first-order chi connectivity index (χ1) is 11.2. The minimum atomic E-state index is -0.487. The van der Waals surface area contributed by atoms with Crippen LogP contribution in [0, 0.1) is 11.3 Å². The zero-order chi connectivity index (χ0) is 16.7. The molecule has 6 heteroatoms. The standard InChI is InChI=1S/C17H18N4O2/c1-3-21(11-10-18)16-14(17(22)23-4-2)12-19-15(20-16)13-8-6-5-7-9-13/h5-9,12H,3-4,11H2,1-2H3. The number of carbonyl (C=O) groups is 1. The van der Waals surface area contributed by atoms with Gasteiger partial charge in [-0.2, -0.15) is 5.26 Å². The fraction of sp³-hybridized carbons (Fsp3) is 0.294. The van der Waals surface area contributed by atoms with Crippen LogP contribution < -0.4 is 4.90 Å². The van der Waals surface area contributed by atoms with Gasteiger partial charge < -0.3 is 9.64 Å². The number of hydrogen-bond donors (Lipinski definition) is 0. The van der Waals surface area contributed by atoms with Gasteiger partial charge in [-0.3, -0.25) is 0 Å². The van der Waals surface area contributed by atoms with E-state index in [1.807, 2.05) is 37.3 Å². The van der Waals surface area contributed by atoms with E-state index in [4.69, 9.17) is 10.00 Å². The Morgan fingerprint density at radius 3 is 2.65 bits per heavy atom. The first kappa shape index (κ1) is 16.4. The van der Waals surface area contributed by atoms with Gasteiger partial charge in [0.05, 0.1) is 12.7 Å². The number of carbonyl (C=O) groups excluding carboxylic acids is 1. The molecule has 1 aromatic carbocycles. The molecule has 0 saturated heterocycles. The molecule has 1 heterocycles. The molecule has 2 aromatic rings. The number of anilines is 1. The van der Waals surface area contributed by atoms with Gasteiger partial charge in [0, 0.05) is 18.3 Å². The molecule has 0 amide bonds. The van der Waals surface area contributed by atoms with Crippen molar-refractivity contribution >= 4 is 11.8 Å². The van der Waals surface area contributed by atoms with Crippen molar-refractivity contribution in [2.45, 2.75) is 13.8 Å². The largest absolute Gasteiger partial charge is 0.462 e. The highest BCUT2D eigenvalue weighted by atomic mass is 16.5. The molecule has 1 aromatic heterocycles. The zero-order valence-electron chi connectivity index (χ0n) is 13.2. The molecular formula is C17H18N4O2. The molecule has 23 heavy (non-hydrogen) atoms. The first-order valence-electron chi connectivity index (χ1n) is 7.42. The van der Waals surface area contributed by atoms with E-state index in [1.54, 1.807) is 11.8 Å². The van der Waals surface area contributed by atoms with Crippen LogP contribution in [0.2, 0.25) is 0 Å². The van der Waals surface area contributed by atoms with Crippen molar-refractivity contribution in [1.29, 1.82) is 5.26 Å². The summed E-state index contributed by atoms with van der Waals surface area (Å²) in [5, 5.41) is 9.00. The highest BCUT2D eigenvalue weighted by molar-refractivity contribution is 5.94. The molecule has 0 spiro atoms. The van der Waals surface area contributed by atoms with E-state index in [1.165, 1.54) is 6.20 Å². The third kappa shape index (κ3) is 3.83. The van der Waals surface area contributed by atoms with Crippen molar-refractivity contribution in [2.75, 3.05) is 24.6 Å². The Balaban J connectivity index is 2.52. The predicted molar refractivity (Wildman–Crippen MR) is 86.9 cm³/mol. The van der Waals surface area contributed by atoms with E-state index in [2.05, 4.69) is 16.0 Å². The highest BCUT2D eigenvalue weighted by Gasteiger charge is 2.20. The van der Waals surface area contributed by atoms with Gasteiger partial charge in [0.2, 0.25) is 0 Å². The summed E-state index contributed by atoms with van der Waals surface area (Å²) >= 11 is 0. The van der Waals surface area contributed by atoms with Crippen LogP contribution in [0.25, 0.3) is 11.4 Å². The van der Waals surface area contributed by atoms with E-state index in [0.717, 1.165) is 5.56 Å². The van der Waals surface area contributed by atoms with Gasteiger partial charge in [-0.25, -0.2) is 14.8 Å². The van der Waals surface area contributed by atoms with Crippen LogP contribution in [0.5, 0.6) is 0 Å². The molecule has 0 saturated carbocycles. The molecule has 0 N–H and O–H groups in total. The minimum Gasteiger partial charge on any atom is -0.462 e. The summed E-state index contributed by atoms with van der Waals surface area (Å²) in [6.45, 7) is 4.59. The van der Waals surface area contributed by atoms with Crippen molar-refractivity contribution in [3.8, 4) is 17.5 Å². The summed E-state index contributed by atoms with van der Waals surface area (Å²) in [7, 11) is 0. The summed E-state index contributed by atoms with van der Waals surface area (Å²) in [4.78, 5) is 22.6. The van der Waals surface area contributed by atoms with Crippen molar-refractivity contribution in [2.24, 2.45) is 0 Å². The highest BCUT2D eigenvalue weighted by Crippen LogP contribution is 2.23. The fourth-order valence-electron chi connectivity index (χ4n) is 2.11. The smallest absolute Gasteiger partial charge is 0.343 e. The number of esters is 1. The SMILES string of the molecule is CCOC(=O)c1cnc(-c2ccccc2)nc1N(CC)CC#N. The molecule has 6 nitrogen and oxygen atoms in total. The molecular weight excluding hydrogens is 292 g/mol. The third-order valence-corrected chi connectivity index (χ3v) is 3.24. The number of ether oxygens (including phenoxy) is 1. The Hall–Kier alpha value is -2.94. The number of nitrogens with zero attached hydrogens (tertiary/aromatic N) is 4. The van der Waals surface area contributed by atoms with Gasteiger partial charge in [-0.05, 0) is 13.8 Å². The maximum Gasteiger partial charge on any atom is 0.343 e. The first-order valence-corrected chi connectivity index (χ1v) is 7.42. The van der Waals surface area contributed by atoms with Crippen LogP contribution in [0.1, 0.15) is 24.2 Å². The topological polar surface area (TPSA) is 79.1 Å². The fourth-order valence-corrected chi connectivity index (χ4v) is 2.11. The second kappa shape index (κ2) is 7.90. The van der Waals surface area contributed by atoms with E-state index in [-0.39, 0.29) is 18.7 Å². The lowest BCUT2D eigenvalue weighted by atomic mass is 10.2. The Labute approximate surface area is 135 Å². The van der Waals surface area contributed by atoms with Crippen LogP contribution >= 0.6 is 0 Å². The van der Waals surface area contributed by atoms with Gasteiger partial charge in [-0.15, -0.1) is 0 Å². The number of benzene rings is 1. The van der Waals surface area contributed by atoms with Crippen molar-refractivity contribution in [1.82, 2.24) is 9.97 Å². The summed E-state index contributed by atoms with van der Waals surface area (Å²) in [6, 6.07) is 11.6. The lowest BCUT2D eigenvalue weighted by molar-refractivity contribution is 0.0526. The summed E-state index contributed by atoms with van der Waals surface area (Å²) in [6.07, 6.45) is 1.46. The van der Waals surface area contributed by atoms with Gasteiger partial charge in [0.15, 0.2) is 5.82 Å². The Kier molecular flexibility index (Phi) is 5.64. The number of hydrogen-bond acceptors (Lipinski definition) is 6. The Morgan fingerprint density at radius 2 is 2.04 bits per heavy atom. The molecule has 2 rings (SSSR count). The monoisotopic (exact) mass is 310 g/mol. The van der Waals surface area contributed by atoms with Crippen molar-refractivity contribution in [3.05, 3.63) is 42.1 Å². The molecule has 0 fully saturated rings. The molecule has 0 aliphatic carbocycles. The zero-order valence-corrected chi connectivity index (χ0v) is 13.2. The van der Waals surface area contributed by atoms with E-state index in [9.17, 15) is 4.79 Å². The molecule has 0 aliphatic heterocycles. The van der Waals surface area contributed by atoms with Crippen molar-refractivity contribution in [3.63, 3.8) is 0 Å². The second-order valence-corrected chi connectivity index (χ2v) is 4.69. The van der Waals surface area contributed by atoms with Gasteiger partial charge in [0.25, 0.3) is 0 Å². The molecule has 0 atom stereocenters. The van der Waals surface area contributed by atoms with Crippen LogP contribution in [-0.4, -0.2) is 35.6 Å². The summed E-state index contributed by atoms with van der Waals surface area (Å²) in [5.74, 6) is 0.435. The lowest BCUT2D eigenvalue weighted by Gasteiger charge is -2.21. The van der Waals surface area contributed by atoms with Gasteiger partial charge in [-0.1, -0.05) is 30.3 Å². The van der Waals surface area contributed by atoms with E-state index >= 15 is 0 Å². The maximum absolute atomic E-state index is 12.1. The number of nitriles is 1. The number of rotatable bonds is 6. The Morgan fingerprint density at radius 1 is 1.30 bits per heavy atom. The summed E-state index contributed by atoms with van der Waals surface area (Å²) in [5.41, 5.74) is 1.11. The van der Waals surface area contributed by atoms with Crippen LogP contribution in [0.4, 0.5) is 5.82 Å². The Bertz CT molecular complexity index is 710. The lowest BCUT2D eigenvalue weighted by Crippen LogP contribution is -2.27. The number of aromatic nitrogens is 2. The van der Waals surface area contributed by atoms with E-state index < -0.39 is 5.97 Å². The van der Waals surface area contributed by atoms with Gasteiger partial charge >= 0.3 is 5.97 Å². The van der Waals surface area contributed by atoms with Gasteiger partial charge in [0.1, 0.15) is 17.9 Å². The van der Waals surface area contributed by atoms with Crippen LogP contribution in [0.15, 0.2) is 36.5 Å². The van der Waals surface area contributed by atoms with Crippen LogP contribution in [0.3, 0.4) is 0 Å². The van der Waals surface area contributed by atoms with E-state index in [0.29, 0.717) is 18.2 Å². The average Bonchev–Trinajstić information content (AvgIpc) is 2.60. The minimum absolute atomic E-state index is 0.133. The van der Waals surface area contributed by atoms with Crippen molar-refractivity contribution < 1.29 is 9.53 Å². The molecule has 0 unspecified atom stereocenters. The van der Waals surface area contributed by atoms with Crippen LogP contribution in [-0.2, 0) is 4.74 Å². The molecule has 118 valence electrons. The normalized spacial score (nSPS) is 9.96.